The highest BCUT2D eigenvalue weighted by Crippen LogP contribution is 2.28. The van der Waals surface area contributed by atoms with Crippen LogP contribution in [0.15, 0.2) is 45.6 Å². The average molecular weight is 426 g/mol. The minimum atomic E-state index is -0.622. The van der Waals surface area contributed by atoms with Crippen molar-refractivity contribution in [2.45, 2.75) is 25.6 Å². The van der Waals surface area contributed by atoms with E-state index in [-0.39, 0.29) is 23.8 Å². The van der Waals surface area contributed by atoms with Gasteiger partial charge in [-0.15, -0.1) is 0 Å². The second kappa shape index (κ2) is 7.75. The number of aliphatic hydroxyl groups excluding tert-OH is 1. The van der Waals surface area contributed by atoms with E-state index in [2.05, 4.69) is 15.3 Å². The fraction of sp³-hybridized carbons (Fsp3) is 0.273. The van der Waals surface area contributed by atoms with Gasteiger partial charge in [0, 0.05) is 42.3 Å². The van der Waals surface area contributed by atoms with E-state index in [1.165, 1.54) is 12.1 Å². The molecule has 5 rings (SSSR count). The highest BCUT2D eigenvalue weighted by atomic mass is 19.1. The summed E-state index contributed by atoms with van der Waals surface area (Å²) in [6.45, 7) is 1.88. The molecule has 0 radical (unpaired) electrons. The molecule has 3 N–H and O–H groups in total. The number of halogens is 2. The molecular formula is C22H20F2N4O3. The summed E-state index contributed by atoms with van der Waals surface area (Å²) in [6, 6.07) is 8.72. The van der Waals surface area contributed by atoms with Crippen molar-refractivity contribution in [1.29, 1.82) is 0 Å². The maximum atomic E-state index is 13.9. The molecule has 1 fully saturated rings. The van der Waals surface area contributed by atoms with Crippen molar-refractivity contribution in [3.05, 3.63) is 69.8 Å². The third kappa shape index (κ3) is 3.89. The third-order valence-electron chi connectivity index (χ3n) is 5.49. The quantitative estimate of drug-likeness (QED) is 0.454. The Hall–Kier alpha value is -3.30. The predicted octanol–water partition coefficient (Wildman–Crippen LogP) is 3.13. The number of rotatable bonds is 5. The van der Waals surface area contributed by atoms with E-state index < -0.39 is 11.6 Å². The van der Waals surface area contributed by atoms with Crippen LogP contribution >= 0.6 is 0 Å². The van der Waals surface area contributed by atoms with Crippen LogP contribution in [0.5, 0.6) is 0 Å². The molecule has 0 spiro atoms. The van der Waals surface area contributed by atoms with E-state index in [9.17, 15) is 18.7 Å². The number of benzene rings is 2. The lowest BCUT2D eigenvalue weighted by atomic mass is 10.2. The largest absolute Gasteiger partial charge is 0.449 e. The molecule has 1 aliphatic heterocycles. The van der Waals surface area contributed by atoms with E-state index >= 15 is 0 Å². The summed E-state index contributed by atoms with van der Waals surface area (Å²) in [5.74, 6) is -0.740. The average Bonchev–Trinajstić information content (AvgIpc) is 3.31. The predicted molar refractivity (Wildman–Crippen MR) is 112 cm³/mol. The number of furan rings is 1. The Morgan fingerprint density at radius 1 is 1.26 bits per heavy atom. The standard InChI is InChI=1S/C22H20F2N4O3/c23-13-2-1-12(17(24)7-13)9-25-14-3-4-18-16(8-14)20-21(31-18)22(30)27-19(26-20)11-28-6-5-15(29)10-28/h1-4,7-8,15,25,29H,5-6,9-11H2,(H,26,27,30)/t15-/m0/s1. The number of nitrogens with one attached hydrogen (secondary N) is 2. The summed E-state index contributed by atoms with van der Waals surface area (Å²) in [7, 11) is 0. The Bertz CT molecular complexity index is 1330. The summed E-state index contributed by atoms with van der Waals surface area (Å²) >= 11 is 0. The summed E-state index contributed by atoms with van der Waals surface area (Å²) in [5, 5.41) is 13.5. The van der Waals surface area contributed by atoms with Gasteiger partial charge in [-0.05, 0) is 30.7 Å². The van der Waals surface area contributed by atoms with Gasteiger partial charge >= 0.3 is 0 Å². The molecule has 0 unspecified atom stereocenters. The van der Waals surface area contributed by atoms with Gasteiger partial charge in [0.25, 0.3) is 5.56 Å². The maximum Gasteiger partial charge on any atom is 0.294 e. The number of hydrogen-bond donors (Lipinski definition) is 3. The summed E-state index contributed by atoms with van der Waals surface area (Å²) in [4.78, 5) is 21.9. The minimum Gasteiger partial charge on any atom is -0.449 e. The van der Waals surface area contributed by atoms with Crippen LogP contribution < -0.4 is 10.9 Å². The SMILES string of the molecule is O=c1[nH]c(CN2CC[C@H](O)C2)nc2c1oc1ccc(NCc3ccc(F)cc3F)cc12. The normalized spacial score (nSPS) is 17.1. The first kappa shape index (κ1) is 19.7. The molecule has 1 saturated heterocycles. The van der Waals surface area contributed by atoms with Crippen molar-refractivity contribution in [3.63, 3.8) is 0 Å². The van der Waals surface area contributed by atoms with Crippen LogP contribution in [0, 0.1) is 11.6 Å². The van der Waals surface area contributed by atoms with Gasteiger partial charge < -0.3 is 19.8 Å². The zero-order chi connectivity index (χ0) is 21.5. The molecule has 0 saturated carbocycles. The van der Waals surface area contributed by atoms with Gasteiger partial charge in [0.1, 0.15) is 28.6 Å². The molecule has 2 aromatic carbocycles. The van der Waals surface area contributed by atoms with Crippen LogP contribution in [0.25, 0.3) is 22.1 Å². The highest BCUT2D eigenvalue weighted by Gasteiger charge is 2.22. The van der Waals surface area contributed by atoms with Gasteiger partial charge in [-0.25, -0.2) is 13.8 Å². The monoisotopic (exact) mass is 426 g/mol. The second-order valence-electron chi connectivity index (χ2n) is 7.77. The molecule has 31 heavy (non-hydrogen) atoms. The first-order valence-electron chi connectivity index (χ1n) is 10.00. The Morgan fingerprint density at radius 2 is 2.13 bits per heavy atom. The molecule has 9 heteroatoms. The zero-order valence-electron chi connectivity index (χ0n) is 16.5. The van der Waals surface area contributed by atoms with Gasteiger partial charge in [0.15, 0.2) is 0 Å². The van der Waals surface area contributed by atoms with Gasteiger partial charge in [-0.2, -0.15) is 0 Å². The Kier molecular flexibility index (Phi) is 4.91. The van der Waals surface area contributed by atoms with E-state index in [0.717, 1.165) is 12.6 Å². The molecule has 1 atom stereocenters. The summed E-state index contributed by atoms with van der Waals surface area (Å²) in [6.07, 6.45) is 0.343. The lowest BCUT2D eigenvalue weighted by molar-refractivity contribution is 0.174. The molecule has 3 heterocycles. The number of H-pyrrole nitrogens is 1. The molecule has 0 amide bonds. The van der Waals surface area contributed by atoms with E-state index in [1.54, 1.807) is 18.2 Å². The smallest absolute Gasteiger partial charge is 0.294 e. The van der Waals surface area contributed by atoms with E-state index in [4.69, 9.17) is 4.42 Å². The molecule has 0 bridgehead atoms. The van der Waals surface area contributed by atoms with Gasteiger partial charge in [0.05, 0.1) is 12.6 Å². The molecule has 1 aliphatic rings. The minimum absolute atomic E-state index is 0.141. The number of aromatic amines is 1. The van der Waals surface area contributed by atoms with Crippen LogP contribution in [0.4, 0.5) is 14.5 Å². The highest BCUT2D eigenvalue weighted by molar-refractivity contribution is 6.03. The fourth-order valence-corrected chi connectivity index (χ4v) is 3.92. The van der Waals surface area contributed by atoms with E-state index in [1.807, 2.05) is 4.90 Å². The van der Waals surface area contributed by atoms with Gasteiger partial charge in [-0.3, -0.25) is 9.69 Å². The Labute approximate surface area is 175 Å². The van der Waals surface area contributed by atoms with E-state index in [0.29, 0.717) is 53.1 Å². The topological polar surface area (TPSA) is 94.4 Å². The Balaban J connectivity index is 1.45. The molecule has 7 nitrogen and oxygen atoms in total. The third-order valence-corrected chi connectivity index (χ3v) is 5.49. The molecule has 2 aromatic heterocycles. The summed E-state index contributed by atoms with van der Waals surface area (Å²) < 4.78 is 32.7. The number of anilines is 1. The van der Waals surface area contributed by atoms with Crippen LogP contribution in [-0.4, -0.2) is 39.2 Å². The van der Waals surface area contributed by atoms with Crippen molar-refractivity contribution in [1.82, 2.24) is 14.9 Å². The van der Waals surface area contributed by atoms with Crippen molar-refractivity contribution >= 4 is 27.8 Å². The molecule has 4 aromatic rings. The number of aromatic nitrogens is 2. The van der Waals surface area contributed by atoms with Crippen LogP contribution in [0.2, 0.25) is 0 Å². The van der Waals surface area contributed by atoms with Gasteiger partial charge in [-0.1, -0.05) is 6.07 Å². The first-order valence-corrected chi connectivity index (χ1v) is 10.00. The maximum absolute atomic E-state index is 13.9. The molecule has 0 aliphatic carbocycles. The van der Waals surface area contributed by atoms with Crippen molar-refractivity contribution < 1.29 is 18.3 Å². The second-order valence-corrected chi connectivity index (χ2v) is 7.77. The number of fused-ring (bicyclic) bond motifs is 3. The zero-order valence-corrected chi connectivity index (χ0v) is 16.5. The first-order chi connectivity index (χ1) is 15.0. The fourth-order valence-electron chi connectivity index (χ4n) is 3.92. The van der Waals surface area contributed by atoms with Crippen molar-refractivity contribution in [2.24, 2.45) is 0 Å². The lowest BCUT2D eigenvalue weighted by Gasteiger charge is -2.13. The van der Waals surface area contributed by atoms with Gasteiger partial charge in [0.2, 0.25) is 5.58 Å². The number of nitrogens with zero attached hydrogens (tertiary/aromatic N) is 2. The van der Waals surface area contributed by atoms with Crippen molar-refractivity contribution in [2.75, 3.05) is 18.4 Å². The van der Waals surface area contributed by atoms with Crippen LogP contribution in [0.1, 0.15) is 17.8 Å². The summed E-state index contributed by atoms with van der Waals surface area (Å²) in [5.41, 5.74) is 1.76. The van der Waals surface area contributed by atoms with Crippen LogP contribution in [0.3, 0.4) is 0 Å². The lowest BCUT2D eigenvalue weighted by Crippen LogP contribution is -2.24. The van der Waals surface area contributed by atoms with Crippen LogP contribution in [-0.2, 0) is 13.1 Å². The number of β-amino-alcohol motifs (C(OH)–C–C–N with tert-alkyl or cyclic N) is 1. The molecular weight excluding hydrogens is 406 g/mol. The Morgan fingerprint density at radius 3 is 2.90 bits per heavy atom. The number of hydrogen-bond acceptors (Lipinski definition) is 6. The number of likely N-dealkylation sites (tertiary alicyclic amines) is 1. The number of aliphatic hydroxyl groups is 1. The molecule has 160 valence electrons. The van der Waals surface area contributed by atoms with Crippen molar-refractivity contribution in [3.8, 4) is 0 Å².